The number of nitrogens with zero attached hydrogens (tertiary/aromatic N) is 4. The number of hydrogen-bond acceptors (Lipinski definition) is 6. The van der Waals surface area contributed by atoms with Crippen molar-refractivity contribution in [1.82, 2.24) is 19.8 Å². The minimum Gasteiger partial charge on any atom is -0.483 e. The molecule has 2 aliphatic heterocycles. The van der Waals surface area contributed by atoms with Gasteiger partial charge in [-0.15, -0.1) is 0 Å². The van der Waals surface area contributed by atoms with E-state index in [9.17, 15) is 9.59 Å². The zero-order valence-corrected chi connectivity index (χ0v) is 18.6. The average Bonchev–Trinajstić information content (AvgIpc) is 3.10. The monoisotopic (exact) mass is 476 g/mol. The summed E-state index contributed by atoms with van der Waals surface area (Å²) < 4.78 is 0. The fraction of sp³-hybridized carbons (Fsp3) is 0.364. The van der Waals surface area contributed by atoms with Gasteiger partial charge >= 0.3 is 0 Å². The number of hydrogen-bond donors (Lipinski definition) is 2. The molecular formula is C22H25ClN4O6. The number of carbonyl (C=O) groups is 4. The van der Waals surface area contributed by atoms with Crippen LogP contribution in [-0.4, -0.2) is 74.4 Å². The summed E-state index contributed by atoms with van der Waals surface area (Å²) in [5, 5.41) is 14.1. The molecule has 2 amide bonds. The van der Waals surface area contributed by atoms with Crippen LogP contribution in [0.25, 0.3) is 0 Å². The number of aromatic nitrogens is 2. The van der Waals surface area contributed by atoms with Gasteiger partial charge in [-0.3, -0.25) is 24.2 Å². The molecule has 2 aliphatic rings. The van der Waals surface area contributed by atoms with Crippen LogP contribution in [0.15, 0.2) is 42.7 Å². The van der Waals surface area contributed by atoms with Crippen LogP contribution < -0.4 is 0 Å². The highest BCUT2D eigenvalue weighted by Crippen LogP contribution is 2.41. The molecule has 0 aliphatic carbocycles. The first kappa shape index (κ1) is 25.7. The molecule has 33 heavy (non-hydrogen) atoms. The van der Waals surface area contributed by atoms with Gasteiger partial charge in [-0.25, -0.2) is 4.98 Å². The van der Waals surface area contributed by atoms with Crippen LogP contribution in [-0.2, 0) is 20.9 Å². The van der Waals surface area contributed by atoms with Gasteiger partial charge in [0.25, 0.3) is 18.9 Å². The van der Waals surface area contributed by atoms with Gasteiger partial charge in [0.15, 0.2) is 0 Å². The number of rotatable bonds is 3. The Balaban J connectivity index is 0.000000582. The van der Waals surface area contributed by atoms with Crippen molar-refractivity contribution in [2.75, 3.05) is 19.6 Å². The summed E-state index contributed by atoms with van der Waals surface area (Å²) in [6.45, 7) is 2.16. The minimum atomic E-state index is -0.250. The standard InChI is InChI=1S/C20H21ClN4O2.2CH2O2/c21-17-3-1-2-16(23-17)19(27)24-10-6-20(7-11-24)12-18(26)25(14-20)13-15-4-8-22-9-5-15;2*2-1-3/h1-5,8-9H,6-7,10-14H2;2*1H,(H,2,3). The first-order chi connectivity index (χ1) is 15.9. The predicted octanol–water partition coefficient (Wildman–Crippen LogP) is 2.19. The van der Waals surface area contributed by atoms with E-state index in [1.807, 2.05) is 21.9 Å². The Kier molecular flexibility index (Phi) is 9.74. The van der Waals surface area contributed by atoms with Gasteiger partial charge in [0.05, 0.1) is 0 Å². The third-order valence-electron chi connectivity index (χ3n) is 5.57. The lowest BCUT2D eigenvalue weighted by Crippen LogP contribution is -2.44. The first-order valence-electron chi connectivity index (χ1n) is 10.1. The molecule has 0 atom stereocenters. The number of carbonyl (C=O) groups excluding carboxylic acids is 2. The number of carboxylic acid groups (broad SMARTS) is 2. The summed E-state index contributed by atoms with van der Waals surface area (Å²) in [7, 11) is 0. The third-order valence-corrected chi connectivity index (χ3v) is 5.78. The second-order valence-corrected chi connectivity index (χ2v) is 8.02. The highest BCUT2D eigenvalue weighted by atomic mass is 35.5. The van der Waals surface area contributed by atoms with Gasteiger partial charge in [0.2, 0.25) is 5.91 Å². The number of halogens is 1. The molecule has 1 spiro atoms. The Morgan fingerprint density at radius 3 is 2.27 bits per heavy atom. The van der Waals surface area contributed by atoms with E-state index in [2.05, 4.69) is 9.97 Å². The Morgan fingerprint density at radius 2 is 1.70 bits per heavy atom. The van der Waals surface area contributed by atoms with Crippen molar-refractivity contribution in [3.63, 3.8) is 0 Å². The molecule has 4 rings (SSSR count). The van der Waals surface area contributed by atoms with E-state index < -0.39 is 0 Å². The molecule has 0 aromatic carbocycles. The molecule has 2 fully saturated rings. The Hall–Kier alpha value is -3.53. The smallest absolute Gasteiger partial charge is 0.290 e. The summed E-state index contributed by atoms with van der Waals surface area (Å²) in [5.74, 6) is 0.105. The second-order valence-electron chi connectivity index (χ2n) is 7.63. The summed E-state index contributed by atoms with van der Waals surface area (Å²) in [6, 6.07) is 8.97. The summed E-state index contributed by atoms with van der Waals surface area (Å²) >= 11 is 5.90. The molecule has 176 valence electrons. The molecule has 4 heterocycles. The maximum Gasteiger partial charge on any atom is 0.290 e. The van der Waals surface area contributed by atoms with Gasteiger partial charge in [-0.2, -0.15) is 0 Å². The highest BCUT2D eigenvalue weighted by Gasteiger charge is 2.45. The molecule has 2 aromatic rings. The molecule has 11 heteroatoms. The lowest BCUT2D eigenvalue weighted by molar-refractivity contribution is -0.128. The molecule has 10 nitrogen and oxygen atoms in total. The van der Waals surface area contributed by atoms with Crippen LogP contribution >= 0.6 is 11.6 Å². The molecule has 0 radical (unpaired) electrons. The maximum absolute atomic E-state index is 12.6. The quantitative estimate of drug-likeness (QED) is 0.507. The van der Waals surface area contributed by atoms with E-state index in [-0.39, 0.29) is 30.2 Å². The SMILES string of the molecule is O=C1CC2(CCN(C(=O)c3cccc(Cl)n3)CC2)CN1Cc1ccncc1.O=CO.O=CO. The van der Waals surface area contributed by atoms with E-state index >= 15 is 0 Å². The average molecular weight is 477 g/mol. The van der Waals surface area contributed by atoms with Crippen molar-refractivity contribution in [1.29, 1.82) is 0 Å². The minimum absolute atomic E-state index is 0.0251. The van der Waals surface area contributed by atoms with E-state index in [4.69, 9.17) is 31.4 Å². The zero-order valence-electron chi connectivity index (χ0n) is 17.8. The predicted molar refractivity (Wildman–Crippen MR) is 118 cm³/mol. The van der Waals surface area contributed by atoms with Gasteiger partial charge in [-0.05, 0) is 42.7 Å². The van der Waals surface area contributed by atoms with Gasteiger partial charge in [0.1, 0.15) is 10.8 Å². The summed E-state index contributed by atoms with van der Waals surface area (Å²) in [4.78, 5) is 53.8. The number of pyridine rings is 2. The largest absolute Gasteiger partial charge is 0.483 e. The van der Waals surface area contributed by atoms with Gasteiger partial charge in [0, 0.05) is 50.4 Å². The van der Waals surface area contributed by atoms with Crippen molar-refractivity contribution in [3.8, 4) is 0 Å². The van der Waals surface area contributed by atoms with Crippen LogP contribution in [0.1, 0.15) is 35.3 Å². The lowest BCUT2D eigenvalue weighted by atomic mass is 9.77. The van der Waals surface area contributed by atoms with Crippen LogP contribution in [0.5, 0.6) is 0 Å². The fourth-order valence-corrected chi connectivity index (χ4v) is 4.21. The van der Waals surface area contributed by atoms with Gasteiger partial charge in [-0.1, -0.05) is 17.7 Å². The Morgan fingerprint density at radius 1 is 1.09 bits per heavy atom. The van der Waals surface area contributed by atoms with Crippen molar-refractivity contribution < 1.29 is 29.4 Å². The van der Waals surface area contributed by atoms with E-state index in [1.54, 1.807) is 30.6 Å². The Bertz CT molecular complexity index is 945. The topological polar surface area (TPSA) is 141 Å². The summed E-state index contributed by atoms with van der Waals surface area (Å²) in [6.07, 6.45) is 5.73. The zero-order chi connectivity index (χ0) is 24.3. The normalized spacial score (nSPS) is 16.2. The van der Waals surface area contributed by atoms with Crippen LogP contribution in [0.3, 0.4) is 0 Å². The van der Waals surface area contributed by atoms with Crippen LogP contribution in [0.4, 0.5) is 0 Å². The van der Waals surface area contributed by atoms with E-state index in [1.165, 1.54) is 0 Å². The van der Waals surface area contributed by atoms with Crippen molar-refractivity contribution in [3.05, 3.63) is 59.1 Å². The number of amides is 2. The van der Waals surface area contributed by atoms with Crippen molar-refractivity contribution in [2.24, 2.45) is 5.41 Å². The van der Waals surface area contributed by atoms with Crippen molar-refractivity contribution >= 4 is 36.4 Å². The molecule has 2 saturated heterocycles. The molecular weight excluding hydrogens is 452 g/mol. The van der Waals surface area contributed by atoms with Crippen molar-refractivity contribution in [2.45, 2.75) is 25.8 Å². The molecule has 2 N–H and O–H groups in total. The van der Waals surface area contributed by atoms with Crippen LogP contribution in [0, 0.1) is 5.41 Å². The number of likely N-dealkylation sites (tertiary alicyclic amines) is 2. The van der Waals surface area contributed by atoms with Gasteiger partial charge < -0.3 is 20.0 Å². The molecule has 0 unspecified atom stereocenters. The van der Waals surface area contributed by atoms with E-state index in [0.717, 1.165) is 24.9 Å². The molecule has 2 aromatic heterocycles. The lowest BCUT2D eigenvalue weighted by Gasteiger charge is -2.38. The molecule has 0 bridgehead atoms. The fourth-order valence-electron chi connectivity index (χ4n) is 4.04. The molecule has 0 saturated carbocycles. The highest BCUT2D eigenvalue weighted by molar-refractivity contribution is 6.29. The third kappa shape index (κ3) is 7.25. The van der Waals surface area contributed by atoms with Crippen LogP contribution in [0.2, 0.25) is 5.15 Å². The first-order valence-corrected chi connectivity index (χ1v) is 10.5. The maximum atomic E-state index is 12.6. The summed E-state index contributed by atoms with van der Waals surface area (Å²) in [5.41, 5.74) is 1.44. The number of piperidine rings is 1. The second kappa shape index (κ2) is 12.5. The Labute approximate surface area is 195 Å². The van der Waals surface area contributed by atoms with E-state index in [0.29, 0.717) is 36.9 Å².